The van der Waals surface area contributed by atoms with Gasteiger partial charge in [-0.05, 0) is 59.7 Å². The summed E-state index contributed by atoms with van der Waals surface area (Å²) in [6.45, 7) is 1.28. The van der Waals surface area contributed by atoms with Gasteiger partial charge in [0.25, 0.3) is 0 Å². The maximum Gasteiger partial charge on any atom is 0.123 e. The molecule has 0 saturated carbocycles. The second-order valence-electron chi connectivity index (χ2n) is 5.54. The smallest absolute Gasteiger partial charge is 0.123 e. The van der Waals surface area contributed by atoms with Crippen molar-refractivity contribution in [2.75, 3.05) is 10.6 Å². The largest absolute Gasteiger partial charge is 0.381 e. The Balaban J connectivity index is 1.51. The van der Waals surface area contributed by atoms with Gasteiger partial charge in [0.15, 0.2) is 0 Å². The Bertz CT molecular complexity index is 698. The molecule has 24 heavy (non-hydrogen) atoms. The first kappa shape index (κ1) is 16.0. The van der Waals surface area contributed by atoms with Crippen LogP contribution in [-0.4, -0.2) is 0 Å². The first-order valence-electron chi connectivity index (χ1n) is 7.76. The number of hydrogen-bond donors (Lipinski definition) is 2. The molecule has 0 heterocycles. The summed E-state index contributed by atoms with van der Waals surface area (Å²) in [6.07, 6.45) is 0. The fourth-order valence-corrected chi connectivity index (χ4v) is 2.32. The summed E-state index contributed by atoms with van der Waals surface area (Å²) in [7, 11) is 0. The fourth-order valence-electron chi connectivity index (χ4n) is 2.32. The molecule has 0 bridgehead atoms. The van der Waals surface area contributed by atoms with Crippen molar-refractivity contribution < 1.29 is 8.78 Å². The Morgan fingerprint density at radius 1 is 0.500 bits per heavy atom. The number of benzene rings is 3. The van der Waals surface area contributed by atoms with E-state index >= 15 is 0 Å². The van der Waals surface area contributed by atoms with Crippen LogP contribution in [0.15, 0.2) is 72.8 Å². The van der Waals surface area contributed by atoms with Crippen molar-refractivity contribution in [3.63, 3.8) is 0 Å². The van der Waals surface area contributed by atoms with Crippen molar-refractivity contribution in [3.05, 3.63) is 95.6 Å². The summed E-state index contributed by atoms with van der Waals surface area (Å²) in [4.78, 5) is 0. The Morgan fingerprint density at radius 3 is 1.17 bits per heavy atom. The van der Waals surface area contributed by atoms with Gasteiger partial charge in [0, 0.05) is 24.5 Å². The van der Waals surface area contributed by atoms with Gasteiger partial charge in [-0.2, -0.15) is 0 Å². The van der Waals surface area contributed by atoms with E-state index in [0.717, 1.165) is 22.5 Å². The molecule has 3 aromatic rings. The van der Waals surface area contributed by atoms with Gasteiger partial charge in [-0.25, -0.2) is 8.78 Å². The number of rotatable bonds is 6. The van der Waals surface area contributed by atoms with Crippen LogP contribution in [0.3, 0.4) is 0 Å². The minimum Gasteiger partial charge on any atom is -0.381 e. The summed E-state index contributed by atoms with van der Waals surface area (Å²) >= 11 is 0. The molecule has 0 aliphatic heterocycles. The van der Waals surface area contributed by atoms with Crippen molar-refractivity contribution in [1.82, 2.24) is 0 Å². The zero-order valence-corrected chi connectivity index (χ0v) is 13.1. The quantitative estimate of drug-likeness (QED) is 0.652. The third-order valence-corrected chi connectivity index (χ3v) is 3.70. The van der Waals surface area contributed by atoms with Crippen molar-refractivity contribution in [2.24, 2.45) is 0 Å². The molecule has 2 N–H and O–H groups in total. The lowest BCUT2D eigenvalue weighted by molar-refractivity contribution is 0.626. The van der Waals surface area contributed by atoms with Crippen molar-refractivity contribution in [3.8, 4) is 0 Å². The summed E-state index contributed by atoms with van der Waals surface area (Å²) in [6, 6.07) is 20.8. The van der Waals surface area contributed by atoms with Crippen LogP contribution in [0.4, 0.5) is 20.2 Å². The van der Waals surface area contributed by atoms with E-state index < -0.39 is 0 Å². The van der Waals surface area contributed by atoms with Crippen LogP contribution < -0.4 is 10.6 Å². The van der Waals surface area contributed by atoms with Gasteiger partial charge >= 0.3 is 0 Å². The van der Waals surface area contributed by atoms with Gasteiger partial charge in [0.1, 0.15) is 11.6 Å². The van der Waals surface area contributed by atoms with Gasteiger partial charge in [0.05, 0.1) is 0 Å². The minimum absolute atomic E-state index is 0.227. The van der Waals surface area contributed by atoms with E-state index in [9.17, 15) is 8.78 Å². The van der Waals surface area contributed by atoms with Crippen LogP contribution >= 0.6 is 0 Å². The van der Waals surface area contributed by atoms with Gasteiger partial charge in [-0.3, -0.25) is 0 Å². The normalized spacial score (nSPS) is 10.4. The number of nitrogens with one attached hydrogen (secondary N) is 2. The van der Waals surface area contributed by atoms with Gasteiger partial charge in [-0.1, -0.05) is 24.3 Å². The predicted octanol–water partition coefficient (Wildman–Crippen LogP) is 5.19. The van der Waals surface area contributed by atoms with Crippen LogP contribution in [0.5, 0.6) is 0 Å². The maximum atomic E-state index is 12.9. The van der Waals surface area contributed by atoms with E-state index in [1.807, 2.05) is 24.3 Å². The molecule has 0 unspecified atom stereocenters. The average molecular weight is 324 g/mol. The zero-order chi connectivity index (χ0) is 16.8. The lowest BCUT2D eigenvalue weighted by Gasteiger charge is -2.10. The summed E-state index contributed by atoms with van der Waals surface area (Å²) in [5.74, 6) is -0.453. The number of halogens is 2. The molecule has 0 amide bonds. The maximum absolute atomic E-state index is 12.9. The van der Waals surface area contributed by atoms with Gasteiger partial charge < -0.3 is 10.6 Å². The topological polar surface area (TPSA) is 24.1 Å². The lowest BCUT2D eigenvalue weighted by atomic mass is 10.2. The second kappa shape index (κ2) is 7.59. The Hall–Kier alpha value is -2.88. The molecular formula is C20H18F2N2. The van der Waals surface area contributed by atoms with Crippen LogP contribution in [0.1, 0.15) is 11.1 Å². The van der Waals surface area contributed by atoms with Crippen LogP contribution in [0.2, 0.25) is 0 Å². The van der Waals surface area contributed by atoms with Crippen LogP contribution in [0.25, 0.3) is 0 Å². The van der Waals surface area contributed by atoms with Crippen LogP contribution in [0, 0.1) is 11.6 Å². The van der Waals surface area contributed by atoms with Crippen LogP contribution in [-0.2, 0) is 13.1 Å². The van der Waals surface area contributed by atoms with Gasteiger partial charge in [0.2, 0.25) is 0 Å². The molecule has 0 aliphatic rings. The zero-order valence-electron chi connectivity index (χ0n) is 13.1. The Kier molecular flexibility index (Phi) is 5.06. The van der Waals surface area contributed by atoms with Crippen molar-refractivity contribution in [2.45, 2.75) is 13.1 Å². The van der Waals surface area contributed by atoms with Crippen molar-refractivity contribution in [1.29, 1.82) is 0 Å². The molecule has 0 fully saturated rings. The standard InChI is InChI=1S/C20H18F2N2/c21-17-5-1-15(2-6-17)13-23-19-9-11-20(12-10-19)24-14-16-3-7-18(22)8-4-16/h1-12,23-24H,13-14H2. The van der Waals surface area contributed by atoms with E-state index in [2.05, 4.69) is 10.6 Å². The average Bonchev–Trinajstić information content (AvgIpc) is 2.62. The SMILES string of the molecule is Fc1ccc(CNc2ccc(NCc3ccc(F)cc3)cc2)cc1. The highest BCUT2D eigenvalue weighted by Gasteiger charge is 1.98. The molecule has 0 atom stereocenters. The molecule has 122 valence electrons. The van der Waals surface area contributed by atoms with Gasteiger partial charge in [-0.15, -0.1) is 0 Å². The van der Waals surface area contributed by atoms with E-state index in [-0.39, 0.29) is 11.6 Å². The monoisotopic (exact) mass is 324 g/mol. The summed E-state index contributed by atoms with van der Waals surface area (Å²) < 4.78 is 25.7. The third kappa shape index (κ3) is 4.56. The van der Waals surface area contributed by atoms with Crippen molar-refractivity contribution >= 4 is 11.4 Å². The molecule has 0 aromatic heterocycles. The number of anilines is 2. The Morgan fingerprint density at radius 2 is 0.833 bits per heavy atom. The highest BCUT2D eigenvalue weighted by molar-refractivity contribution is 5.54. The minimum atomic E-state index is -0.227. The lowest BCUT2D eigenvalue weighted by Crippen LogP contribution is -2.01. The second-order valence-corrected chi connectivity index (χ2v) is 5.54. The van der Waals surface area contributed by atoms with E-state index in [4.69, 9.17) is 0 Å². The van der Waals surface area contributed by atoms with E-state index in [1.165, 1.54) is 24.3 Å². The molecule has 0 radical (unpaired) electrons. The molecule has 0 spiro atoms. The van der Waals surface area contributed by atoms with E-state index in [1.54, 1.807) is 24.3 Å². The predicted molar refractivity (Wildman–Crippen MR) is 93.9 cm³/mol. The summed E-state index contributed by atoms with van der Waals surface area (Å²) in [5, 5.41) is 6.59. The molecule has 3 aromatic carbocycles. The Labute approximate surface area is 140 Å². The fraction of sp³-hybridized carbons (Fsp3) is 0.100. The molecular weight excluding hydrogens is 306 g/mol. The molecule has 4 heteroatoms. The molecule has 0 saturated heterocycles. The molecule has 3 rings (SSSR count). The third-order valence-electron chi connectivity index (χ3n) is 3.70. The molecule has 2 nitrogen and oxygen atoms in total. The molecule has 0 aliphatic carbocycles. The highest BCUT2D eigenvalue weighted by atomic mass is 19.1. The summed E-state index contributed by atoms with van der Waals surface area (Å²) in [5.41, 5.74) is 4.03. The highest BCUT2D eigenvalue weighted by Crippen LogP contribution is 2.16. The first-order valence-corrected chi connectivity index (χ1v) is 7.76. The number of hydrogen-bond acceptors (Lipinski definition) is 2. The first-order chi connectivity index (χ1) is 11.7. The van der Waals surface area contributed by atoms with E-state index in [0.29, 0.717) is 13.1 Å².